The summed E-state index contributed by atoms with van der Waals surface area (Å²) in [6.45, 7) is 7.27. The van der Waals surface area contributed by atoms with E-state index < -0.39 is 17.7 Å². The quantitative estimate of drug-likeness (QED) is 0.292. The maximum atomic E-state index is 12.6. The molecule has 0 unspecified atom stereocenters. The summed E-state index contributed by atoms with van der Waals surface area (Å²) in [5.41, 5.74) is 1.52. The molecule has 0 fully saturated rings. The zero-order valence-corrected chi connectivity index (χ0v) is 22.1. The molecule has 0 aliphatic heterocycles. The molecule has 0 heterocycles. The van der Waals surface area contributed by atoms with Crippen LogP contribution in [0, 0.1) is 0 Å². The van der Waals surface area contributed by atoms with E-state index >= 15 is 0 Å². The van der Waals surface area contributed by atoms with Gasteiger partial charge >= 0.3 is 6.09 Å². The fourth-order valence-electron chi connectivity index (χ4n) is 3.51. The second-order valence-electron chi connectivity index (χ2n) is 9.80. The molecule has 2 aromatic rings. The number of alkyl carbamates (subject to hydrolysis) is 1. The van der Waals surface area contributed by atoms with Crippen LogP contribution in [-0.4, -0.2) is 43.8 Å². The Kier molecular flexibility index (Phi) is 13.0. The molecular formula is C29H41NO6. The molecule has 0 saturated heterocycles. The monoisotopic (exact) mass is 499 g/mol. The summed E-state index contributed by atoms with van der Waals surface area (Å²) in [5.74, 6) is 0.924. The van der Waals surface area contributed by atoms with Crippen LogP contribution in [0.4, 0.5) is 4.79 Å². The second kappa shape index (κ2) is 16.0. The lowest BCUT2D eigenvalue weighted by atomic mass is 10.1. The predicted octanol–water partition coefficient (Wildman–Crippen LogP) is 5.84. The van der Waals surface area contributed by atoms with Crippen molar-refractivity contribution in [2.45, 2.75) is 77.7 Å². The molecule has 7 nitrogen and oxygen atoms in total. The molecule has 0 saturated carbocycles. The van der Waals surface area contributed by atoms with Gasteiger partial charge in [0, 0.05) is 19.4 Å². The van der Waals surface area contributed by atoms with Gasteiger partial charge in [0.1, 0.15) is 17.1 Å². The first-order chi connectivity index (χ1) is 17.2. The summed E-state index contributed by atoms with van der Waals surface area (Å²) in [4.78, 5) is 24.8. The first kappa shape index (κ1) is 29.3. The van der Waals surface area contributed by atoms with Crippen LogP contribution in [0.5, 0.6) is 5.75 Å². The molecule has 0 radical (unpaired) electrons. The van der Waals surface area contributed by atoms with Gasteiger partial charge in [-0.2, -0.15) is 0 Å². The first-order valence-electron chi connectivity index (χ1n) is 12.6. The second-order valence-corrected chi connectivity index (χ2v) is 9.80. The SMILES string of the molecule is COc1ccc(COCCCCCC(=O)C[C@@H](COCc2ccccc2)NC(=O)OC(C)(C)C)cc1. The van der Waals surface area contributed by atoms with E-state index in [0.29, 0.717) is 26.2 Å². The summed E-state index contributed by atoms with van der Waals surface area (Å²) in [6, 6.07) is 17.2. The van der Waals surface area contributed by atoms with Gasteiger partial charge in [-0.3, -0.25) is 4.79 Å². The number of carbonyl (C=O) groups excluding carboxylic acids is 2. The lowest BCUT2D eigenvalue weighted by Crippen LogP contribution is -2.42. The Morgan fingerprint density at radius 2 is 1.53 bits per heavy atom. The van der Waals surface area contributed by atoms with Gasteiger partial charge in [-0.25, -0.2) is 4.79 Å². The van der Waals surface area contributed by atoms with E-state index in [1.807, 2.05) is 54.6 Å². The summed E-state index contributed by atoms with van der Waals surface area (Å²) in [5, 5.41) is 2.80. The van der Waals surface area contributed by atoms with Crippen LogP contribution >= 0.6 is 0 Å². The molecule has 1 N–H and O–H groups in total. The van der Waals surface area contributed by atoms with Gasteiger partial charge in [0.2, 0.25) is 0 Å². The highest BCUT2D eigenvalue weighted by atomic mass is 16.6. The molecule has 1 atom stereocenters. The van der Waals surface area contributed by atoms with Gasteiger partial charge < -0.3 is 24.3 Å². The minimum absolute atomic E-state index is 0.0959. The number of hydrogen-bond acceptors (Lipinski definition) is 6. The average molecular weight is 500 g/mol. The smallest absolute Gasteiger partial charge is 0.407 e. The molecule has 0 aliphatic rings. The molecule has 0 aliphatic carbocycles. The Labute approximate surface area is 215 Å². The molecule has 2 rings (SSSR count). The number of ketones is 1. The van der Waals surface area contributed by atoms with Gasteiger partial charge in [-0.15, -0.1) is 0 Å². The van der Waals surface area contributed by atoms with E-state index in [0.717, 1.165) is 36.1 Å². The van der Waals surface area contributed by atoms with E-state index in [4.69, 9.17) is 18.9 Å². The van der Waals surface area contributed by atoms with Crippen LogP contribution in [0.3, 0.4) is 0 Å². The Hall–Kier alpha value is -2.90. The lowest BCUT2D eigenvalue weighted by molar-refractivity contribution is -0.120. The number of amides is 1. The molecule has 0 bridgehead atoms. The third-order valence-corrected chi connectivity index (χ3v) is 5.30. The predicted molar refractivity (Wildman–Crippen MR) is 140 cm³/mol. The third kappa shape index (κ3) is 13.3. The fraction of sp³-hybridized carbons (Fsp3) is 0.517. The van der Waals surface area contributed by atoms with E-state index in [1.54, 1.807) is 27.9 Å². The van der Waals surface area contributed by atoms with Crippen molar-refractivity contribution in [3.8, 4) is 5.75 Å². The topological polar surface area (TPSA) is 83.1 Å². The Balaban J connectivity index is 1.67. The molecule has 7 heteroatoms. The van der Waals surface area contributed by atoms with E-state index in [9.17, 15) is 9.59 Å². The summed E-state index contributed by atoms with van der Waals surface area (Å²) < 4.78 is 22.0. The molecule has 0 aromatic heterocycles. The van der Waals surface area contributed by atoms with Gasteiger partial charge in [0.15, 0.2) is 0 Å². The fourth-order valence-corrected chi connectivity index (χ4v) is 3.51. The largest absolute Gasteiger partial charge is 0.497 e. The number of rotatable bonds is 16. The Bertz CT molecular complexity index is 892. The summed E-state index contributed by atoms with van der Waals surface area (Å²) in [7, 11) is 1.65. The van der Waals surface area contributed by atoms with Crippen molar-refractivity contribution in [1.29, 1.82) is 0 Å². The molecule has 2 aromatic carbocycles. The number of hydrogen-bond donors (Lipinski definition) is 1. The zero-order valence-electron chi connectivity index (χ0n) is 22.1. The number of Topliss-reactive ketones (excluding diaryl/α,β-unsaturated/α-hetero) is 1. The number of carbonyl (C=O) groups is 2. The highest BCUT2D eigenvalue weighted by Gasteiger charge is 2.21. The van der Waals surface area contributed by atoms with Gasteiger partial charge in [0.25, 0.3) is 0 Å². The van der Waals surface area contributed by atoms with Crippen molar-refractivity contribution in [1.82, 2.24) is 5.32 Å². The third-order valence-electron chi connectivity index (χ3n) is 5.30. The molecule has 36 heavy (non-hydrogen) atoms. The number of nitrogens with one attached hydrogen (secondary N) is 1. The number of unbranched alkanes of at least 4 members (excludes halogenated alkanes) is 2. The summed E-state index contributed by atoms with van der Waals surface area (Å²) in [6.07, 6.45) is 2.71. The lowest BCUT2D eigenvalue weighted by Gasteiger charge is -2.23. The highest BCUT2D eigenvalue weighted by molar-refractivity contribution is 5.79. The standard InChI is InChI=1S/C29H41NO6/c1-29(2,3)36-28(32)30-25(22-35-21-23-11-7-5-8-12-23)19-26(31)13-9-6-10-18-34-20-24-14-16-27(33-4)17-15-24/h5,7-8,11-12,14-17,25H,6,9-10,13,18-22H2,1-4H3,(H,30,32)/t25-/m0/s1. The highest BCUT2D eigenvalue weighted by Crippen LogP contribution is 2.13. The number of benzene rings is 2. The van der Waals surface area contributed by atoms with E-state index in [-0.39, 0.29) is 18.8 Å². The van der Waals surface area contributed by atoms with Gasteiger partial charge in [-0.05, 0) is 56.9 Å². The number of methoxy groups -OCH3 is 1. The van der Waals surface area contributed by atoms with Crippen LogP contribution in [0.15, 0.2) is 54.6 Å². The van der Waals surface area contributed by atoms with Crippen LogP contribution in [0.1, 0.15) is 64.0 Å². The van der Waals surface area contributed by atoms with Gasteiger partial charge in [-0.1, -0.05) is 48.9 Å². The van der Waals surface area contributed by atoms with Crippen molar-refractivity contribution in [3.63, 3.8) is 0 Å². The van der Waals surface area contributed by atoms with Crippen LogP contribution in [0.2, 0.25) is 0 Å². The normalized spacial score (nSPS) is 12.1. The summed E-state index contributed by atoms with van der Waals surface area (Å²) >= 11 is 0. The maximum Gasteiger partial charge on any atom is 0.407 e. The molecular weight excluding hydrogens is 458 g/mol. The molecule has 0 spiro atoms. The number of ether oxygens (including phenoxy) is 4. The maximum absolute atomic E-state index is 12.6. The minimum Gasteiger partial charge on any atom is -0.497 e. The Morgan fingerprint density at radius 1 is 0.861 bits per heavy atom. The zero-order chi connectivity index (χ0) is 26.2. The Morgan fingerprint density at radius 3 is 2.19 bits per heavy atom. The van der Waals surface area contributed by atoms with Crippen molar-refractivity contribution < 1.29 is 28.5 Å². The van der Waals surface area contributed by atoms with E-state index in [1.165, 1.54) is 0 Å². The van der Waals surface area contributed by atoms with E-state index in [2.05, 4.69) is 5.32 Å². The van der Waals surface area contributed by atoms with Crippen LogP contribution < -0.4 is 10.1 Å². The minimum atomic E-state index is -0.612. The van der Waals surface area contributed by atoms with Crippen molar-refractivity contribution in [3.05, 3.63) is 65.7 Å². The van der Waals surface area contributed by atoms with Crippen molar-refractivity contribution >= 4 is 11.9 Å². The first-order valence-corrected chi connectivity index (χ1v) is 12.6. The van der Waals surface area contributed by atoms with Crippen LogP contribution in [0.25, 0.3) is 0 Å². The van der Waals surface area contributed by atoms with Crippen molar-refractivity contribution in [2.24, 2.45) is 0 Å². The average Bonchev–Trinajstić information content (AvgIpc) is 2.83. The van der Waals surface area contributed by atoms with Crippen molar-refractivity contribution in [2.75, 3.05) is 20.3 Å². The van der Waals surface area contributed by atoms with Gasteiger partial charge in [0.05, 0.1) is 33.0 Å². The molecule has 1 amide bonds. The molecule has 198 valence electrons. The van der Waals surface area contributed by atoms with Crippen LogP contribution in [-0.2, 0) is 32.2 Å².